The molecule has 0 amide bonds. The van der Waals surface area contributed by atoms with E-state index in [1.54, 1.807) is 6.07 Å². The van der Waals surface area contributed by atoms with Crippen molar-refractivity contribution >= 4 is 17.5 Å². The van der Waals surface area contributed by atoms with E-state index in [4.69, 9.17) is 5.11 Å². The lowest BCUT2D eigenvalue weighted by atomic mass is 10.4. The van der Waals surface area contributed by atoms with Gasteiger partial charge in [0, 0.05) is 11.4 Å². The summed E-state index contributed by atoms with van der Waals surface area (Å²) in [5, 5.41) is 8.56. The molecule has 0 fully saturated rings. The fourth-order valence-electron chi connectivity index (χ4n) is 0.800. The maximum atomic E-state index is 10.4. The van der Waals surface area contributed by atoms with E-state index in [0.717, 1.165) is 11.4 Å². The molecule has 0 aromatic carbocycles. The van der Waals surface area contributed by atoms with Gasteiger partial charge in [-0.3, -0.25) is 0 Å². The molecule has 5 heteroatoms. The Kier molecular flexibility index (Phi) is 2.78. The average molecular weight is 186 g/mol. The van der Waals surface area contributed by atoms with E-state index in [9.17, 15) is 4.79 Å². The molecule has 0 atom stereocenters. The van der Waals surface area contributed by atoms with Crippen LogP contribution in [0.5, 0.6) is 0 Å². The largest absolute Gasteiger partial charge is 0.476 e. The first-order valence-corrected chi connectivity index (χ1v) is 4.20. The minimum Gasteiger partial charge on any atom is -0.476 e. The molecule has 0 bridgehead atoms. The van der Waals surface area contributed by atoms with Gasteiger partial charge in [0.15, 0.2) is 5.69 Å². The van der Waals surface area contributed by atoms with Crippen LogP contribution in [-0.2, 0) is 6.54 Å². The molecule has 0 aliphatic carbocycles. The summed E-state index contributed by atoms with van der Waals surface area (Å²) in [6.45, 7) is 0.741. The van der Waals surface area contributed by atoms with Gasteiger partial charge in [0.25, 0.3) is 0 Å². The van der Waals surface area contributed by atoms with Crippen LogP contribution in [-0.4, -0.2) is 34.4 Å². The molecule has 1 heterocycles. The molecule has 0 saturated heterocycles. The predicted octanol–water partition coefficient (Wildman–Crippen LogP) is 0.903. The second-order valence-electron chi connectivity index (χ2n) is 2.72. The lowest BCUT2D eigenvalue weighted by Crippen LogP contribution is -2.09. The van der Waals surface area contributed by atoms with E-state index in [2.05, 4.69) is 4.37 Å². The van der Waals surface area contributed by atoms with Gasteiger partial charge in [-0.2, -0.15) is 4.37 Å². The number of hydrogen-bond acceptors (Lipinski definition) is 4. The van der Waals surface area contributed by atoms with E-state index in [-0.39, 0.29) is 5.69 Å². The summed E-state index contributed by atoms with van der Waals surface area (Å²) >= 11 is 1.23. The van der Waals surface area contributed by atoms with Gasteiger partial charge in [0.05, 0.1) is 0 Å². The molecule has 0 saturated carbocycles. The van der Waals surface area contributed by atoms with Crippen LogP contribution in [0.3, 0.4) is 0 Å². The Bertz CT molecular complexity index is 283. The van der Waals surface area contributed by atoms with Crippen LogP contribution in [0.2, 0.25) is 0 Å². The Morgan fingerprint density at radius 2 is 2.42 bits per heavy atom. The Balaban J connectivity index is 2.71. The van der Waals surface area contributed by atoms with E-state index < -0.39 is 5.97 Å². The number of carbonyl (C=O) groups is 1. The number of rotatable bonds is 3. The quantitative estimate of drug-likeness (QED) is 0.762. The summed E-state index contributed by atoms with van der Waals surface area (Å²) in [6.07, 6.45) is 0. The van der Waals surface area contributed by atoms with Crippen LogP contribution in [0, 0.1) is 0 Å². The van der Waals surface area contributed by atoms with Crippen LogP contribution < -0.4 is 0 Å². The molecule has 0 unspecified atom stereocenters. The molecular formula is C7H10N2O2S. The highest BCUT2D eigenvalue weighted by Gasteiger charge is 2.08. The monoisotopic (exact) mass is 186 g/mol. The van der Waals surface area contributed by atoms with Gasteiger partial charge in [-0.1, -0.05) is 0 Å². The van der Waals surface area contributed by atoms with Gasteiger partial charge in [-0.05, 0) is 31.7 Å². The van der Waals surface area contributed by atoms with Crippen molar-refractivity contribution in [3.63, 3.8) is 0 Å². The normalized spacial score (nSPS) is 10.6. The number of hydrogen-bond donors (Lipinski definition) is 1. The molecule has 0 aliphatic heterocycles. The second kappa shape index (κ2) is 3.64. The third-order valence-electron chi connectivity index (χ3n) is 1.25. The van der Waals surface area contributed by atoms with Crippen LogP contribution in [0.1, 0.15) is 15.4 Å². The van der Waals surface area contributed by atoms with Gasteiger partial charge in [0.1, 0.15) is 0 Å². The molecule has 1 rings (SSSR count). The number of carboxylic acids is 1. The first-order chi connectivity index (χ1) is 5.59. The Morgan fingerprint density at radius 1 is 1.75 bits per heavy atom. The van der Waals surface area contributed by atoms with Gasteiger partial charge in [-0.25, -0.2) is 4.79 Å². The van der Waals surface area contributed by atoms with Gasteiger partial charge in [-0.15, -0.1) is 0 Å². The molecule has 0 aliphatic rings. The first kappa shape index (κ1) is 9.15. The van der Waals surface area contributed by atoms with Crippen molar-refractivity contribution in [3.05, 3.63) is 16.6 Å². The fraction of sp³-hybridized carbons (Fsp3) is 0.429. The van der Waals surface area contributed by atoms with Crippen LogP contribution in [0.15, 0.2) is 6.07 Å². The van der Waals surface area contributed by atoms with Crippen molar-refractivity contribution in [3.8, 4) is 0 Å². The molecule has 4 nitrogen and oxygen atoms in total. The SMILES string of the molecule is CN(C)Cc1cc(C(=O)O)ns1. The lowest BCUT2D eigenvalue weighted by Gasteiger charge is -2.04. The fourth-order valence-corrected chi connectivity index (χ4v) is 1.63. The second-order valence-corrected chi connectivity index (χ2v) is 3.61. The molecule has 1 N–H and O–H groups in total. The highest BCUT2D eigenvalue weighted by molar-refractivity contribution is 7.05. The van der Waals surface area contributed by atoms with E-state index in [1.807, 2.05) is 19.0 Å². The van der Waals surface area contributed by atoms with Gasteiger partial charge < -0.3 is 10.0 Å². The summed E-state index contributed by atoms with van der Waals surface area (Å²) in [5.74, 6) is -0.962. The van der Waals surface area contributed by atoms with Crippen molar-refractivity contribution in [2.75, 3.05) is 14.1 Å². The predicted molar refractivity (Wildman–Crippen MR) is 46.5 cm³/mol. The molecular weight excluding hydrogens is 176 g/mol. The first-order valence-electron chi connectivity index (χ1n) is 3.43. The smallest absolute Gasteiger partial charge is 0.355 e. The van der Waals surface area contributed by atoms with Gasteiger partial charge >= 0.3 is 5.97 Å². The third kappa shape index (κ3) is 2.28. The zero-order valence-corrected chi connectivity index (χ0v) is 7.76. The topological polar surface area (TPSA) is 53.4 Å². The van der Waals surface area contributed by atoms with Crippen LogP contribution in [0.25, 0.3) is 0 Å². The molecule has 66 valence electrons. The van der Waals surface area contributed by atoms with Gasteiger partial charge in [0.2, 0.25) is 0 Å². The number of carboxylic acid groups (broad SMARTS) is 1. The van der Waals surface area contributed by atoms with Crippen molar-refractivity contribution < 1.29 is 9.90 Å². The summed E-state index contributed by atoms with van der Waals surface area (Å²) in [7, 11) is 3.86. The summed E-state index contributed by atoms with van der Waals surface area (Å²) in [6, 6.07) is 1.60. The molecule has 12 heavy (non-hydrogen) atoms. The number of aromatic carboxylic acids is 1. The highest BCUT2D eigenvalue weighted by atomic mass is 32.1. The Morgan fingerprint density at radius 3 is 2.83 bits per heavy atom. The molecule has 1 aromatic heterocycles. The maximum Gasteiger partial charge on any atom is 0.355 e. The van der Waals surface area contributed by atoms with E-state index in [0.29, 0.717) is 0 Å². The third-order valence-corrected chi connectivity index (χ3v) is 2.02. The molecule has 1 aromatic rings. The number of nitrogens with zero attached hydrogens (tertiary/aromatic N) is 2. The lowest BCUT2D eigenvalue weighted by molar-refractivity contribution is 0.0692. The molecule has 0 radical (unpaired) electrons. The molecule has 0 spiro atoms. The van der Waals surface area contributed by atoms with Crippen molar-refractivity contribution in [2.45, 2.75) is 6.54 Å². The van der Waals surface area contributed by atoms with E-state index >= 15 is 0 Å². The zero-order chi connectivity index (χ0) is 9.14. The Labute approximate surface area is 74.6 Å². The van der Waals surface area contributed by atoms with E-state index in [1.165, 1.54) is 11.5 Å². The maximum absolute atomic E-state index is 10.4. The minimum atomic E-state index is -0.962. The minimum absolute atomic E-state index is 0.136. The average Bonchev–Trinajstić information content (AvgIpc) is 2.34. The summed E-state index contributed by atoms with van der Waals surface area (Å²) in [5.41, 5.74) is 0.136. The Hall–Kier alpha value is -0.940. The summed E-state index contributed by atoms with van der Waals surface area (Å²) < 4.78 is 3.78. The van der Waals surface area contributed by atoms with Crippen molar-refractivity contribution in [2.24, 2.45) is 0 Å². The van der Waals surface area contributed by atoms with Crippen molar-refractivity contribution in [1.29, 1.82) is 0 Å². The zero-order valence-electron chi connectivity index (χ0n) is 6.94. The van der Waals surface area contributed by atoms with Crippen LogP contribution in [0.4, 0.5) is 0 Å². The van der Waals surface area contributed by atoms with Crippen molar-refractivity contribution in [1.82, 2.24) is 9.27 Å². The number of aromatic nitrogens is 1. The summed E-state index contributed by atoms with van der Waals surface area (Å²) in [4.78, 5) is 13.4. The highest BCUT2D eigenvalue weighted by Crippen LogP contribution is 2.11. The standard InChI is InChI=1S/C7H10N2O2S/c1-9(2)4-5-3-6(7(10)11)8-12-5/h3H,4H2,1-2H3,(H,10,11). The van der Waals surface area contributed by atoms with Crippen LogP contribution >= 0.6 is 11.5 Å².